The number of aromatic nitrogens is 1. The quantitative estimate of drug-likeness (QED) is 0.800. The lowest BCUT2D eigenvalue weighted by molar-refractivity contribution is 0.0696. The molecule has 0 fully saturated rings. The molecule has 0 bridgehead atoms. The van der Waals surface area contributed by atoms with E-state index in [1.165, 1.54) is 12.3 Å². The number of nitrogen functional groups attached to an aromatic ring is 1. The van der Waals surface area contributed by atoms with E-state index in [1.807, 2.05) is 6.07 Å². The molecule has 0 saturated heterocycles. The Bertz CT molecular complexity index is 725. The molecule has 0 aliphatic heterocycles. The number of halogens is 1. The van der Waals surface area contributed by atoms with Gasteiger partial charge in [-0.3, -0.25) is 0 Å². The number of rotatable bonds is 3. The summed E-state index contributed by atoms with van der Waals surface area (Å²) in [5.41, 5.74) is 6.70. The second kappa shape index (κ2) is 5.47. The summed E-state index contributed by atoms with van der Waals surface area (Å²) in [6.07, 6.45) is 1.18. The normalized spacial score (nSPS) is 9.80. The summed E-state index contributed by atoms with van der Waals surface area (Å²) >= 11 is 5.87. The number of anilines is 3. The van der Waals surface area contributed by atoms with Gasteiger partial charge in [-0.25, -0.2) is 9.78 Å². The van der Waals surface area contributed by atoms with Gasteiger partial charge in [-0.1, -0.05) is 11.6 Å². The fraction of sp³-hybridized carbons (Fsp3) is 0. The average molecular weight is 289 g/mol. The summed E-state index contributed by atoms with van der Waals surface area (Å²) in [5.74, 6) is -0.856. The first-order valence-electron chi connectivity index (χ1n) is 5.46. The number of benzene rings is 1. The van der Waals surface area contributed by atoms with Gasteiger partial charge in [0.15, 0.2) is 5.82 Å². The van der Waals surface area contributed by atoms with Gasteiger partial charge in [-0.15, -0.1) is 0 Å². The first-order valence-corrected chi connectivity index (χ1v) is 5.84. The van der Waals surface area contributed by atoms with Gasteiger partial charge >= 0.3 is 5.97 Å². The van der Waals surface area contributed by atoms with Crippen LogP contribution >= 0.6 is 11.6 Å². The molecule has 0 unspecified atom stereocenters. The molecular formula is C13H9ClN4O2. The number of carbonyl (C=O) groups is 1. The van der Waals surface area contributed by atoms with E-state index in [-0.39, 0.29) is 17.1 Å². The Morgan fingerprint density at radius 1 is 1.45 bits per heavy atom. The van der Waals surface area contributed by atoms with Crippen LogP contribution in [0.4, 0.5) is 17.2 Å². The Morgan fingerprint density at radius 3 is 2.80 bits per heavy atom. The summed E-state index contributed by atoms with van der Waals surface area (Å²) < 4.78 is 0. The topological polar surface area (TPSA) is 112 Å². The molecule has 2 aromatic rings. The maximum Gasteiger partial charge on any atom is 0.337 e. The Morgan fingerprint density at radius 2 is 2.20 bits per heavy atom. The molecule has 0 atom stereocenters. The van der Waals surface area contributed by atoms with Crippen LogP contribution in [0.3, 0.4) is 0 Å². The van der Waals surface area contributed by atoms with Crippen LogP contribution in [0.15, 0.2) is 30.5 Å². The van der Waals surface area contributed by atoms with Crippen molar-refractivity contribution in [2.24, 2.45) is 0 Å². The van der Waals surface area contributed by atoms with Crippen LogP contribution in [0.2, 0.25) is 5.02 Å². The van der Waals surface area contributed by atoms with Gasteiger partial charge in [0, 0.05) is 11.2 Å². The van der Waals surface area contributed by atoms with Gasteiger partial charge in [0.05, 0.1) is 22.5 Å². The van der Waals surface area contributed by atoms with Crippen LogP contribution in [0.25, 0.3) is 0 Å². The maximum absolute atomic E-state index is 10.8. The molecule has 100 valence electrons. The van der Waals surface area contributed by atoms with Crippen molar-refractivity contribution < 1.29 is 9.90 Å². The minimum Gasteiger partial charge on any atom is -0.478 e. The van der Waals surface area contributed by atoms with Crippen LogP contribution in [-0.4, -0.2) is 16.1 Å². The van der Waals surface area contributed by atoms with Gasteiger partial charge in [-0.05, 0) is 24.3 Å². The number of nitrogens with zero attached hydrogens (tertiary/aromatic N) is 2. The number of nitrogens with two attached hydrogens (primary N) is 1. The van der Waals surface area contributed by atoms with E-state index in [2.05, 4.69) is 10.3 Å². The number of carboxylic acids is 1. The van der Waals surface area contributed by atoms with E-state index in [0.29, 0.717) is 16.3 Å². The van der Waals surface area contributed by atoms with E-state index >= 15 is 0 Å². The minimum atomic E-state index is -1.11. The lowest BCUT2D eigenvalue weighted by Gasteiger charge is -2.10. The predicted octanol–water partition coefficient (Wildman–Crippen LogP) is 2.63. The van der Waals surface area contributed by atoms with Gasteiger partial charge in [0.1, 0.15) is 6.07 Å². The third-order valence-electron chi connectivity index (χ3n) is 2.52. The Balaban J connectivity index is 2.38. The number of hydrogen-bond acceptors (Lipinski definition) is 5. The third-order valence-corrected chi connectivity index (χ3v) is 2.75. The smallest absolute Gasteiger partial charge is 0.337 e. The molecule has 2 rings (SSSR count). The summed E-state index contributed by atoms with van der Waals surface area (Å²) in [6, 6.07) is 8.01. The van der Waals surface area contributed by atoms with Gasteiger partial charge in [-0.2, -0.15) is 5.26 Å². The van der Waals surface area contributed by atoms with Crippen molar-refractivity contribution in [1.82, 2.24) is 4.98 Å². The van der Waals surface area contributed by atoms with Crippen LogP contribution in [0.1, 0.15) is 15.9 Å². The molecule has 0 aliphatic carbocycles. The van der Waals surface area contributed by atoms with Crippen molar-refractivity contribution in [3.63, 3.8) is 0 Å². The Hall–Kier alpha value is -2.78. The number of nitrogens with one attached hydrogen (secondary N) is 1. The zero-order chi connectivity index (χ0) is 14.7. The highest BCUT2D eigenvalue weighted by Gasteiger charge is 2.10. The van der Waals surface area contributed by atoms with Gasteiger partial charge < -0.3 is 16.2 Å². The van der Waals surface area contributed by atoms with Crippen LogP contribution in [-0.2, 0) is 0 Å². The summed E-state index contributed by atoms with van der Waals surface area (Å²) in [6.45, 7) is 0. The third kappa shape index (κ3) is 2.79. The van der Waals surface area contributed by atoms with Crippen LogP contribution < -0.4 is 11.1 Å². The molecular weight excluding hydrogens is 280 g/mol. The average Bonchev–Trinajstić information content (AvgIpc) is 2.41. The van der Waals surface area contributed by atoms with Gasteiger partial charge in [0.25, 0.3) is 0 Å². The highest BCUT2D eigenvalue weighted by molar-refractivity contribution is 6.30. The molecule has 0 spiro atoms. The molecule has 0 aliphatic rings. The molecule has 4 N–H and O–H groups in total. The number of carboxylic acid groups (broad SMARTS) is 1. The van der Waals surface area contributed by atoms with Crippen LogP contribution in [0.5, 0.6) is 0 Å². The van der Waals surface area contributed by atoms with Crippen molar-refractivity contribution in [3.8, 4) is 6.07 Å². The Kier molecular flexibility index (Phi) is 3.73. The van der Waals surface area contributed by atoms with Crippen molar-refractivity contribution in [2.75, 3.05) is 11.1 Å². The molecule has 0 radical (unpaired) electrons. The van der Waals surface area contributed by atoms with E-state index in [0.717, 1.165) is 0 Å². The molecule has 20 heavy (non-hydrogen) atoms. The number of pyridine rings is 1. The zero-order valence-corrected chi connectivity index (χ0v) is 10.8. The van der Waals surface area contributed by atoms with Crippen molar-refractivity contribution in [2.45, 2.75) is 0 Å². The predicted molar refractivity (Wildman–Crippen MR) is 75.1 cm³/mol. The second-order valence-corrected chi connectivity index (χ2v) is 4.33. The monoisotopic (exact) mass is 288 g/mol. The summed E-state index contributed by atoms with van der Waals surface area (Å²) in [7, 11) is 0. The van der Waals surface area contributed by atoms with E-state index in [1.54, 1.807) is 18.2 Å². The summed E-state index contributed by atoms with van der Waals surface area (Å²) in [5, 5.41) is 21.2. The number of nitriles is 1. The highest BCUT2D eigenvalue weighted by Crippen LogP contribution is 2.26. The lowest BCUT2D eigenvalue weighted by Crippen LogP contribution is -2.04. The molecule has 1 aromatic carbocycles. The molecule has 1 heterocycles. The van der Waals surface area contributed by atoms with E-state index in [9.17, 15) is 4.79 Å². The summed E-state index contributed by atoms with van der Waals surface area (Å²) in [4.78, 5) is 14.7. The number of aromatic carboxylic acids is 1. The standard InChI is InChI=1S/C13H9ClN4O2/c14-9-2-1-7(5-15)11(4-9)18-12-10(16)3-8(6-17-12)13(19)20/h1-4,6H,16H2,(H,17,18)(H,19,20). The molecule has 7 heteroatoms. The maximum atomic E-state index is 10.8. The molecule has 0 amide bonds. The SMILES string of the molecule is N#Cc1ccc(Cl)cc1Nc1ncc(C(=O)O)cc1N. The largest absolute Gasteiger partial charge is 0.478 e. The molecule has 1 aromatic heterocycles. The van der Waals surface area contributed by atoms with Gasteiger partial charge in [0.2, 0.25) is 0 Å². The number of hydrogen-bond donors (Lipinski definition) is 3. The fourth-order valence-corrected chi connectivity index (χ4v) is 1.72. The first kappa shape index (κ1) is 13.6. The molecule has 0 saturated carbocycles. The van der Waals surface area contributed by atoms with E-state index < -0.39 is 5.97 Å². The van der Waals surface area contributed by atoms with Crippen molar-refractivity contribution >= 4 is 34.8 Å². The van der Waals surface area contributed by atoms with Crippen molar-refractivity contribution in [1.29, 1.82) is 5.26 Å². The van der Waals surface area contributed by atoms with E-state index in [4.69, 9.17) is 27.7 Å². The Labute approximate surface area is 119 Å². The van der Waals surface area contributed by atoms with Crippen LogP contribution in [0, 0.1) is 11.3 Å². The second-order valence-electron chi connectivity index (χ2n) is 3.89. The molecule has 6 nitrogen and oxygen atoms in total. The first-order chi connectivity index (χ1) is 9.51. The zero-order valence-electron chi connectivity index (χ0n) is 10.1. The lowest BCUT2D eigenvalue weighted by atomic mass is 10.2. The van der Waals surface area contributed by atoms with Crippen molar-refractivity contribution in [3.05, 3.63) is 46.6 Å². The fourth-order valence-electron chi connectivity index (χ4n) is 1.55. The highest BCUT2D eigenvalue weighted by atomic mass is 35.5. The minimum absolute atomic E-state index is 0.0142.